The van der Waals surface area contributed by atoms with Crippen LogP contribution >= 0.6 is 0 Å². The summed E-state index contributed by atoms with van der Waals surface area (Å²) in [5.41, 5.74) is 5.45. The predicted octanol–water partition coefficient (Wildman–Crippen LogP) is -0.773. The van der Waals surface area contributed by atoms with Gasteiger partial charge in [0.1, 0.15) is 9.84 Å². The summed E-state index contributed by atoms with van der Waals surface area (Å²) in [4.78, 5) is 12.7. The summed E-state index contributed by atoms with van der Waals surface area (Å²) in [6.07, 6.45) is 1.40. The topological polar surface area (TPSA) is 80.5 Å². The summed E-state index contributed by atoms with van der Waals surface area (Å²) >= 11 is 0. The first-order valence-electron chi connectivity index (χ1n) is 4.39. The molecule has 84 valence electrons. The molecule has 0 aromatic heterocycles. The fourth-order valence-corrected chi connectivity index (χ4v) is 1.46. The molecule has 2 N–H and O–H groups in total. The number of sulfone groups is 1. The van der Waals surface area contributed by atoms with E-state index in [4.69, 9.17) is 5.73 Å². The highest BCUT2D eigenvalue weighted by atomic mass is 32.2. The van der Waals surface area contributed by atoms with Crippen molar-refractivity contribution in [2.75, 3.05) is 25.6 Å². The Bertz CT molecular complexity index is 285. The molecule has 0 aliphatic rings. The van der Waals surface area contributed by atoms with Gasteiger partial charge in [0, 0.05) is 32.3 Å². The zero-order chi connectivity index (χ0) is 11.4. The van der Waals surface area contributed by atoms with Crippen molar-refractivity contribution in [3.8, 4) is 0 Å². The molecular formula is C8H18N2O3S. The van der Waals surface area contributed by atoms with Crippen LogP contribution < -0.4 is 5.73 Å². The number of amides is 1. The first kappa shape index (κ1) is 13.4. The van der Waals surface area contributed by atoms with Crippen LogP contribution in [0, 0.1) is 0 Å². The Hall–Kier alpha value is -0.620. The Morgan fingerprint density at radius 1 is 1.50 bits per heavy atom. The fourth-order valence-electron chi connectivity index (χ4n) is 0.859. The minimum atomic E-state index is -3.01. The molecule has 1 atom stereocenters. The van der Waals surface area contributed by atoms with E-state index in [0.717, 1.165) is 6.26 Å². The molecule has 0 bridgehead atoms. The van der Waals surface area contributed by atoms with E-state index in [9.17, 15) is 13.2 Å². The summed E-state index contributed by atoms with van der Waals surface area (Å²) < 4.78 is 21.6. The van der Waals surface area contributed by atoms with E-state index in [1.54, 1.807) is 14.0 Å². The van der Waals surface area contributed by atoms with Crippen molar-refractivity contribution in [1.82, 2.24) is 4.90 Å². The molecule has 0 aromatic rings. The molecule has 0 aliphatic heterocycles. The van der Waals surface area contributed by atoms with Crippen LogP contribution in [0.5, 0.6) is 0 Å². The van der Waals surface area contributed by atoms with E-state index in [-0.39, 0.29) is 30.7 Å². The van der Waals surface area contributed by atoms with Crippen LogP contribution in [0.4, 0.5) is 0 Å². The molecule has 0 radical (unpaired) electrons. The van der Waals surface area contributed by atoms with Crippen LogP contribution in [0.25, 0.3) is 0 Å². The summed E-state index contributed by atoms with van der Waals surface area (Å²) in [5.74, 6) is -0.127. The van der Waals surface area contributed by atoms with Gasteiger partial charge in [0.25, 0.3) is 0 Å². The third-order valence-electron chi connectivity index (χ3n) is 1.72. The maximum atomic E-state index is 11.3. The fraction of sp³-hybridized carbons (Fsp3) is 0.875. The first-order valence-corrected chi connectivity index (χ1v) is 6.45. The van der Waals surface area contributed by atoms with Gasteiger partial charge < -0.3 is 10.6 Å². The number of carbonyl (C=O) groups excluding carboxylic acids is 1. The van der Waals surface area contributed by atoms with Crippen LogP contribution in [0.3, 0.4) is 0 Å². The Morgan fingerprint density at radius 3 is 2.36 bits per heavy atom. The van der Waals surface area contributed by atoms with Gasteiger partial charge in [-0.25, -0.2) is 8.42 Å². The van der Waals surface area contributed by atoms with E-state index >= 15 is 0 Å². The van der Waals surface area contributed by atoms with E-state index in [2.05, 4.69) is 0 Å². The van der Waals surface area contributed by atoms with Gasteiger partial charge in [0.2, 0.25) is 5.91 Å². The second-order valence-corrected chi connectivity index (χ2v) is 5.89. The average molecular weight is 222 g/mol. The highest BCUT2D eigenvalue weighted by Crippen LogP contribution is 1.95. The SMILES string of the molecule is CC(N)CC(=O)N(C)CCS(C)(=O)=O. The average Bonchev–Trinajstić information content (AvgIpc) is 1.97. The van der Waals surface area contributed by atoms with Crippen LogP contribution in [0.15, 0.2) is 0 Å². The summed E-state index contributed by atoms with van der Waals surface area (Å²) in [6.45, 7) is 1.96. The predicted molar refractivity (Wildman–Crippen MR) is 55.6 cm³/mol. The Morgan fingerprint density at radius 2 is 2.00 bits per heavy atom. The number of carbonyl (C=O) groups is 1. The van der Waals surface area contributed by atoms with Crippen molar-refractivity contribution in [3.05, 3.63) is 0 Å². The third-order valence-corrected chi connectivity index (χ3v) is 2.64. The van der Waals surface area contributed by atoms with Gasteiger partial charge in [-0.15, -0.1) is 0 Å². The highest BCUT2D eigenvalue weighted by molar-refractivity contribution is 7.90. The van der Waals surface area contributed by atoms with Crippen LogP contribution in [-0.2, 0) is 14.6 Å². The maximum absolute atomic E-state index is 11.3. The molecule has 1 amide bonds. The molecule has 0 saturated heterocycles. The normalized spacial score (nSPS) is 13.7. The molecule has 0 rings (SSSR count). The van der Waals surface area contributed by atoms with Crippen molar-refractivity contribution in [3.63, 3.8) is 0 Å². The van der Waals surface area contributed by atoms with Gasteiger partial charge in [-0.3, -0.25) is 4.79 Å². The minimum Gasteiger partial charge on any atom is -0.345 e. The first-order chi connectivity index (χ1) is 6.22. The van der Waals surface area contributed by atoms with E-state index in [1.165, 1.54) is 4.90 Å². The number of hydrogen-bond acceptors (Lipinski definition) is 4. The van der Waals surface area contributed by atoms with Gasteiger partial charge in [0.05, 0.1) is 5.75 Å². The summed E-state index contributed by atoms with van der Waals surface area (Å²) in [7, 11) is -1.43. The highest BCUT2D eigenvalue weighted by Gasteiger charge is 2.12. The van der Waals surface area contributed by atoms with Crippen molar-refractivity contribution in [2.45, 2.75) is 19.4 Å². The van der Waals surface area contributed by atoms with Crippen molar-refractivity contribution in [2.24, 2.45) is 5.73 Å². The molecule has 1 unspecified atom stereocenters. The molecule has 0 aliphatic carbocycles. The third kappa shape index (κ3) is 6.85. The van der Waals surface area contributed by atoms with Crippen LogP contribution in [0.1, 0.15) is 13.3 Å². The zero-order valence-corrected chi connectivity index (χ0v) is 9.67. The quantitative estimate of drug-likeness (QED) is 0.662. The van der Waals surface area contributed by atoms with Gasteiger partial charge in [-0.05, 0) is 6.92 Å². The summed E-state index contributed by atoms with van der Waals surface area (Å²) in [6, 6.07) is -0.191. The minimum absolute atomic E-state index is 0.00576. The molecule has 0 aromatic carbocycles. The van der Waals surface area contributed by atoms with Gasteiger partial charge in [0.15, 0.2) is 0 Å². The van der Waals surface area contributed by atoms with Gasteiger partial charge in [-0.2, -0.15) is 0 Å². The molecule has 0 fully saturated rings. The van der Waals surface area contributed by atoms with Gasteiger partial charge >= 0.3 is 0 Å². The maximum Gasteiger partial charge on any atom is 0.223 e. The zero-order valence-electron chi connectivity index (χ0n) is 8.86. The van der Waals surface area contributed by atoms with E-state index in [0.29, 0.717) is 0 Å². The number of nitrogens with zero attached hydrogens (tertiary/aromatic N) is 1. The molecule has 0 saturated carbocycles. The molecular weight excluding hydrogens is 204 g/mol. The number of nitrogens with two attached hydrogens (primary N) is 1. The smallest absolute Gasteiger partial charge is 0.223 e. The summed E-state index contributed by atoms with van der Waals surface area (Å²) in [5, 5.41) is 0. The van der Waals surface area contributed by atoms with E-state index in [1.807, 2.05) is 0 Å². The lowest BCUT2D eigenvalue weighted by molar-refractivity contribution is -0.129. The molecule has 14 heavy (non-hydrogen) atoms. The Kier molecular flexibility index (Phi) is 5.07. The number of rotatable bonds is 5. The Labute approximate surface area is 85.2 Å². The lowest BCUT2D eigenvalue weighted by atomic mass is 10.2. The standard InChI is InChI=1S/C8H18N2O3S/c1-7(9)6-8(11)10(2)4-5-14(3,12)13/h7H,4-6,9H2,1-3H3. The second-order valence-electron chi connectivity index (χ2n) is 3.63. The lowest BCUT2D eigenvalue weighted by Crippen LogP contribution is -2.34. The van der Waals surface area contributed by atoms with Crippen molar-refractivity contribution < 1.29 is 13.2 Å². The molecule has 0 spiro atoms. The molecule has 5 nitrogen and oxygen atoms in total. The van der Waals surface area contributed by atoms with Crippen LogP contribution in [0.2, 0.25) is 0 Å². The van der Waals surface area contributed by atoms with Crippen molar-refractivity contribution >= 4 is 15.7 Å². The number of hydrogen-bond donors (Lipinski definition) is 1. The van der Waals surface area contributed by atoms with Crippen molar-refractivity contribution in [1.29, 1.82) is 0 Å². The molecule has 0 heterocycles. The molecule has 6 heteroatoms. The van der Waals surface area contributed by atoms with Crippen LogP contribution in [-0.4, -0.2) is 50.9 Å². The van der Waals surface area contributed by atoms with Gasteiger partial charge in [-0.1, -0.05) is 0 Å². The lowest BCUT2D eigenvalue weighted by Gasteiger charge is -2.17. The van der Waals surface area contributed by atoms with E-state index < -0.39 is 9.84 Å². The monoisotopic (exact) mass is 222 g/mol. The Balaban J connectivity index is 3.97. The second kappa shape index (κ2) is 5.31. The largest absolute Gasteiger partial charge is 0.345 e.